The minimum absolute atomic E-state index is 0.0164. The lowest BCUT2D eigenvalue weighted by molar-refractivity contribution is 0.0174. The maximum absolute atomic E-state index is 11.9. The molecular weight excluding hydrogens is 324 g/mol. The molecule has 0 unspecified atom stereocenters. The van der Waals surface area contributed by atoms with Gasteiger partial charge in [-0.25, -0.2) is 4.79 Å². The third-order valence-electron chi connectivity index (χ3n) is 4.51. The SMILES string of the molecule is CN[C@@H]1C[C@@H](CO)N(C(=O)OC(C)(C)C)C1.CN[C@H]1CN[C@H](CO)C1. The van der Waals surface area contributed by atoms with Crippen LogP contribution in [0.1, 0.15) is 33.6 Å². The highest BCUT2D eigenvalue weighted by atomic mass is 16.6. The average Bonchev–Trinajstić information content (AvgIpc) is 3.19. The van der Waals surface area contributed by atoms with Crippen molar-refractivity contribution >= 4 is 6.09 Å². The molecule has 148 valence electrons. The molecule has 8 heteroatoms. The first kappa shape index (κ1) is 22.1. The molecule has 2 saturated heterocycles. The van der Waals surface area contributed by atoms with Gasteiger partial charge in [0.25, 0.3) is 0 Å². The zero-order valence-electron chi connectivity index (χ0n) is 16.2. The van der Waals surface area contributed by atoms with Crippen LogP contribution in [0.4, 0.5) is 4.79 Å². The first-order valence-electron chi connectivity index (χ1n) is 9.03. The molecule has 2 aliphatic rings. The molecule has 8 nitrogen and oxygen atoms in total. The van der Waals surface area contributed by atoms with E-state index in [2.05, 4.69) is 16.0 Å². The third-order valence-corrected chi connectivity index (χ3v) is 4.51. The van der Waals surface area contributed by atoms with E-state index in [1.54, 1.807) is 4.90 Å². The molecule has 0 aliphatic carbocycles. The maximum Gasteiger partial charge on any atom is 0.410 e. The van der Waals surface area contributed by atoms with Crippen LogP contribution < -0.4 is 16.0 Å². The summed E-state index contributed by atoms with van der Waals surface area (Å²) in [6, 6.07) is 0.988. The Morgan fingerprint density at radius 1 is 1.16 bits per heavy atom. The van der Waals surface area contributed by atoms with Crippen molar-refractivity contribution in [1.82, 2.24) is 20.9 Å². The topological polar surface area (TPSA) is 106 Å². The minimum atomic E-state index is -0.491. The van der Waals surface area contributed by atoms with E-state index in [1.807, 2.05) is 34.9 Å². The van der Waals surface area contributed by atoms with Crippen LogP contribution in [0.2, 0.25) is 0 Å². The monoisotopic (exact) mass is 360 g/mol. The van der Waals surface area contributed by atoms with E-state index in [0.29, 0.717) is 18.6 Å². The predicted octanol–water partition coefficient (Wildman–Crippen LogP) is -0.495. The summed E-state index contributed by atoms with van der Waals surface area (Å²) in [5.74, 6) is 0. The summed E-state index contributed by atoms with van der Waals surface area (Å²) in [6.45, 7) is 7.34. The lowest BCUT2D eigenvalue weighted by Crippen LogP contribution is -2.42. The standard InChI is InChI=1S/C11H22N2O3.C6H14N2O/c1-11(2,3)16-10(15)13-6-8(12-4)5-9(13)7-14;1-7-5-2-6(4-9)8-3-5/h8-9,12,14H,5-7H2,1-4H3;5-9H,2-4H2,1H3/t8-,9+;5-,6+/m11/s1. The fourth-order valence-electron chi connectivity index (χ4n) is 3.02. The smallest absolute Gasteiger partial charge is 0.410 e. The van der Waals surface area contributed by atoms with Crippen molar-refractivity contribution in [3.63, 3.8) is 0 Å². The van der Waals surface area contributed by atoms with E-state index >= 15 is 0 Å². The minimum Gasteiger partial charge on any atom is -0.444 e. The number of hydrogen-bond donors (Lipinski definition) is 5. The highest BCUT2D eigenvalue weighted by Gasteiger charge is 2.36. The highest BCUT2D eigenvalue weighted by molar-refractivity contribution is 5.69. The lowest BCUT2D eigenvalue weighted by atomic mass is 10.2. The van der Waals surface area contributed by atoms with Gasteiger partial charge in [0, 0.05) is 31.2 Å². The molecular formula is C17H36N4O4. The number of likely N-dealkylation sites (tertiary alicyclic amines) is 1. The van der Waals surface area contributed by atoms with Gasteiger partial charge in [0.15, 0.2) is 0 Å². The normalized spacial score (nSPS) is 29.3. The van der Waals surface area contributed by atoms with Gasteiger partial charge >= 0.3 is 6.09 Å². The van der Waals surface area contributed by atoms with E-state index in [0.717, 1.165) is 19.4 Å². The van der Waals surface area contributed by atoms with E-state index in [9.17, 15) is 9.90 Å². The predicted molar refractivity (Wildman–Crippen MR) is 97.6 cm³/mol. The third kappa shape index (κ3) is 7.45. The summed E-state index contributed by atoms with van der Waals surface area (Å²) >= 11 is 0. The number of likely N-dealkylation sites (N-methyl/N-ethyl adjacent to an activating group) is 2. The van der Waals surface area contributed by atoms with Gasteiger partial charge in [0.1, 0.15) is 5.60 Å². The Labute approximate surface area is 151 Å². The van der Waals surface area contributed by atoms with Crippen molar-refractivity contribution in [2.75, 3.05) is 40.4 Å². The van der Waals surface area contributed by atoms with Crippen molar-refractivity contribution in [3.8, 4) is 0 Å². The van der Waals surface area contributed by atoms with Crippen molar-refractivity contribution in [2.45, 2.75) is 63.4 Å². The average molecular weight is 360 g/mol. The van der Waals surface area contributed by atoms with Gasteiger partial charge in [-0.15, -0.1) is 0 Å². The molecule has 2 fully saturated rings. The van der Waals surface area contributed by atoms with Crippen LogP contribution in [0.25, 0.3) is 0 Å². The quantitative estimate of drug-likeness (QED) is 0.460. The van der Waals surface area contributed by atoms with Crippen molar-refractivity contribution < 1.29 is 19.7 Å². The van der Waals surface area contributed by atoms with Gasteiger partial charge in [0.05, 0.1) is 19.3 Å². The molecule has 0 aromatic carbocycles. The van der Waals surface area contributed by atoms with Gasteiger partial charge < -0.3 is 35.8 Å². The highest BCUT2D eigenvalue weighted by Crippen LogP contribution is 2.20. The Balaban J connectivity index is 0.000000293. The number of aliphatic hydroxyl groups excluding tert-OH is 2. The number of carbonyl (C=O) groups excluding carboxylic acids is 1. The Kier molecular flexibility index (Phi) is 9.09. The van der Waals surface area contributed by atoms with Crippen LogP contribution in [-0.4, -0.2) is 91.4 Å². The Morgan fingerprint density at radius 3 is 2.20 bits per heavy atom. The molecule has 1 amide bonds. The summed E-state index contributed by atoms with van der Waals surface area (Å²) in [7, 11) is 3.81. The number of ether oxygens (including phenoxy) is 1. The summed E-state index contributed by atoms with van der Waals surface area (Å²) in [5.41, 5.74) is -0.491. The fraction of sp³-hybridized carbons (Fsp3) is 0.941. The second kappa shape index (κ2) is 10.3. The largest absolute Gasteiger partial charge is 0.444 e. The molecule has 2 rings (SSSR count). The summed E-state index contributed by atoms with van der Waals surface area (Å²) < 4.78 is 5.29. The second-order valence-corrected chi connectivity index (χ2v) is 7.70. The van der Waals surface area contributed by atoms with E-state index in [4.69, 9.17) is 9.84 Å². The zero-order valence-corrected chi connectivity index (χ0v) is 16.2. The first-order chi connectivity index (χ1) is 11.7. The van der Waals surface area contributed by atoms with Gasteiger partial charge in [-0.05, 0) is 47.7 Å². The fourth-order valence-corrected chi connectivity index (χ4v) is 3.02. The molecule has 0 saturated carbocycles. The second-order valence-electron chi connectivity index (χ2n) is 7.70. The lowest BCUT2D eigenvalue weighted by Gasteiger charge is -2.27. The Bertz CT molecular complexity index is 393. The van der Waals surface area contributed by atoms with Crippen molar-refractivity contribution in [3.05, 3.63) is 0 Å². The number of amides is 1. The molecule has 2 heterocycles. The van der Waals surface area contributed by atoms with Crippen molar-refractivity contribution in [2.24, 2.45) is 0 Å². The molecule has 2 aliphatic heterocycles. The van der Waals surface area contributed by atoms with Crippen LogP contribution in [0.3, 0.4) is 0 Å². The van der Waals surface area contributed by atoms with Crippen molar-refractivity contribution in [1.29, 1.82) is 0 Å². The van der Waals surface area contributed by atoms with E-state index in [1.165, 1.54) is 0 Å². The van der Waals surface area contributed by atoms with Crippen LogP contribution >= 0.6 is 0 Å². The number of nitrogens with zero attached hydrogens (tertiary/aromatic N) is 1. The Hall–Kier alpha value is -0.930. The number of carbonyl (C=O) groups is 1. The van der Waals surface area contributed by atoms with Gasteiger partial charge in [-0.3, -0.25) is 0 Å². The van der Waals surface area contributed by atoms with Crippen LogP contribution in [0.5, 0.6) is 0 Å². The number of hydrogen-bond acceptors (Lipinski definition) is 7. The molecule has 0 aromatic heterocycles. The summed E-state index contributed by atoms with van der Waals surface area (Å²) in [4.78, 5) is 13.5. The number of nitrogens with one attached hydrogen (secondary N) is 3. The number of rotatable bonds is 4. The van der Waals surface area contributed by atoms with Crippen LogP contribution in [0, 0.1) is 0 Å². The van der Waals surface area contributed by atoms with Gasteiger partial charge in [-0.1, -0.05) is 0 Å². The molecule has 0 aromatic rings. The summed E-state index contributed by atoms with van der Waals surface area (Å²) in [6.07, 6.45) is 1.48. The van der Waals surface area contributed by atoms with Crippen LogP contribution in [-0.2, 0) is 4.74 Å². The molecule has 5 N–H and O–H groups in total. The zero-order chi connectivity index (χ0) is 19.0. The Morgan fingerprint density at radius 2 is 1.80 bits per heavy atom. The first-order valence-corrected chi connectivity index (χ1v) is 9.03. The number of aliphatic hydroxyl groups is 2. The van der Waals surface area contributed by atoms with E-state index in [-0.39, 0.29) is 31.4 Å². The van der Waals surface area contributed by atoms with E-state index < -0.39 is 5.60 Å². The van der Waals surface area contributed by atoms with Gasteiger partial charge in [0.2, 0.25) is 0 Å². The molecule has 25 heavy (non-hydrogen) atoms. The maximum atomic E-state index is 11.9. The molecule has 0 radical (unpaired) electrons. The summed E-state index contributed by atoms with van der Waals surface area (Å²) in [5, 5.41) is 27.4. The van der Waals surface area contributed by atoms with Gasteiger partial charge in [-0.2, -0.15) is 0 Å². The molecule has 0 spiro atoms. The van der Waals surface area contributed by atoms with Crippen LogP contribution in [0.15, 0.2) is 0 Å². The molecule has 0 bridgehead atoms. The molecule has 4 atom stereocenters.